The number of benzene rings is 1. The van der Waals surface area contributed by atoms with Crippen LogP contribution in [0.5, 0.6) is 0 Å². The SMILES string of the molecule is CCC(C)(CCl)Cc1cc(C)ccc1C. The summed E-state index contributed by atoms with van der Waals surface area (Å²) in [5, 5.41) is 0. The number of hydrogen-bond donors (Lipinski definition) is 0. The number of halogens is 1. The van der Waals surface area contributed by atoms with Gasteiger partial charge in [-0.25, -0.2) is 0 Å². The van der Waals surface area contributed by atoms with Crippen LogP contribution in [0.1, 0.15) is 37.0 Å². The van der Waals surface area contributed by atoms with E-state index >= 15 is 0 Å². The van der Waals surface area contributed by atoms with E-state index in [9.17, 15) is 0 Å². The second-order valence-corrected chi connectivity index (χ2v) is 5.17. The van der Waals surface area contributed by atoms with Crippen LogP contribution in [0.25, 0.3) is 0 Å². The average molecular weight is 225 g/mol. The summed E-state index contributed by atoms with van der Waals surface area (Å²) in [5.41, 5.74) is 4.40. The molecule has 0 fully saturated rings. The Bertz CT molecular complexity index is 324. The molecule has 0 aliphatic carbocycles. The summed E-state index contributed by atoms with van der Waals surface area (Å²) in [4.78, 5) is 0. The molecule has 1 unspecified atom stereocenters. The van der Waals surface area contributed by atoms with Gasteiger partial charge < -0.3 is 0 Å². The Labute approximate surface area is 98.7 Å². The van der Waals surface area contributed by atoms with E-state index in [-0.39, 0.29) is 5.41 Å². The zero-order valence-corrected chi connectivity index (χ0v) is 11.0. The average Bonchev–Trinajstić information content (AvgIpc) is 2.23. The predicted molar refractivity (Wildman–Crippen MR) is 68.7 cm³/mol. The van der Waals surface area contributed by atoms with Crippen molar-refractivity contribution in [3.05, 3.63) is 34.9 Å². The van der Waals surface area contributed by atoms with Gasteiger partial charge in [-0.2, -0.15) is 0 Å². The molecule has 1 atom stereocenters. The number of aryl methyl sites for hydroxylation is 2. The van der Waals surface area contributed by atoms with E-state index in [1.807, 2.05) is 0 Å². The van der Waals surface area contributed by atoms with Crippen molar-refractivity contribution in [2.24, 2.45) is 5.41 Å². The van der Waals surface area contributed by atoms with Crippen molar-refractivity contribution >= 4 is 11.6 Å². The highest BCUT2D eigenvalue weighted by Crippen LogP contribution is 2.29. The van der Waals surface area contributed by atoms with Crippen LogP contribution >= 0.6 is 11.6 Å². The molecule has 84 valence electrons. The molecule has 0 aromatic heterocycles. The van der Waals surface area contributed by atoms with Crippen LogP contribution in [-0.2, 0) is 6.42 Å². The molecule has 0 N–H and O–H groups in total. The Morgan fingerprint density at radius 1 is 1.27 bits per heavy atom. The summed E-state index contributed by atoms with van der Waals surface area (Å²) in [6, 6.07) is 6.66. The van der Waals surface area contributed by atoms with Crippen LogP contribution < -0.4 is 0 Å². The first kappa shape index (κ1) is 12.6. The van der Waals surface area contributed by atoms with Crippen molar-refractivity contribution in [3.63, 3.8) is 0 Å². The van der Waals surface area contributed by atoms with Gasteiger partial charge in [0.25, 0.3) is 0 Å². The minimum absolute atomic E-state index is 0.236. The molecule has 15 heavy (non-hydrogen) atoms. The van der Waals surface area contributed by atoms with E-state index in [1.54, 1.807) is 0 Å². The fraction of sp³-hybridized carbons (Fsp3) is 0.571. The van der Waals surface area contributed by atoms with E-state index in [0.29, 0.717) is 0 Å². The van der Waals surface area contributed by atoms with Crippen LogP contribution in [0, 0.1) is 19.3 Å². The molecule has 1 aromatic carbocycles. The molecule has 1 heteroatoms. The van der Waals surface area contributed by atoms with Gasteiger partial charge in [-0.3, -0.25) is 0 Å². The lowest BCUT2D eigenvalue weighted by Crippen LogP contribution is -2.21. The molecule has 0 aliphatic heterocycles. The first-order valence-corrected chi connectivity index (χ1v) is 6.16. The lowest BCUT2D eigenvalue weighted by Gasteiger charge is -2.26. The molecule has 0 spiro atoms. The van der Waals surface area contributed by atoms with E-state index < -0.39 is 0 Å². The van der Waals surface area contributed by atoms with Crippen molar-refractivity contribution < 1.29 is 0 Å². The van der Waals surface area contributed by atoms with E-state index in [2.05, 4.69) is 45.9 Å². The maximum absolute atomic E-state index is 6.05. The molecule has 0 saturated carbocycles. The van der Waals surface area contributed by atoms with Crippen molar-refractivity contribution in [2.75, 3.05) is 5.88 Å². The van der Waals surface area contributed by atoms with Crippen LogP contribution in [-0.4, -0.2) is 5.88 Å². The monoisotopic (exact) mass is 224 g/mol. The van der Waals surface area contributed by atoms with E-state index in [0.717, 1.165) is 18.7 Å². The third-order valence-electron chi connectivity index (χ3n) is 3.30. The zero-order chi connectivity index (χ0) is 11.5. The van der Waals surface area contributed by atoms with Gasteiger partial charge in [-0.05, 0) is 43.2 Å². The van der Waals surface area contributed by atoms with Crippen molar-refractivity contribution in [2.45, 2.75) is 40.5 Å². The molecule has 1 rings (SSSR count). The third-order valence-corrected chi connectivity index (χ3v) is 3.94. The topological polar surface area (TPSA) is 0 Å². The minimum Gasteiger partial charge on any atom is -0.126 e. The van der Waals surface area contributed by atoms with Crippen LogP contribution in [0.15, 0.2) is 18.2 Å². The van der Waals surface area contributed by atoms with Gasteiger partial charge in [0.15, 0.2) is 0 Å². The summed E-state index contributed by atoms with van der Waals surface area (Å²) < 4.78 is 0. The Morgan fingerprint density at radius 3 is 2.47 bits per heavy atom. The fourth-order valence-corrected chi connectivity index (χ4v) is 2.00. The fourth-order valence-electron chi connectivity index (χ4n) is 1.72. The number of alkyl halides is 1. The lowest BCUT2D eigenvalue weighted by molar-refractivity contribution is 0.355. The zero-order valence-electron chi connectivity index (χ0n) is 10.2. The Balaban J connectivity index is 2.92. The predicted octanol–water partition coefficient (Wildman–Crippen LogP) is 4.50. The first-order valence-electron chi connectivity index (χ1n) is 5.63. The maximum atomic E-state index is 6.05. The highest BCUT2D eigenvalue weighted by molar-refractivity contribution is 6.18. The highest BCUT2D eigenvalue weighted by atomic mass is 35.5. The Hall–Kier alpha value is -0.490. The van der Waals surface area contributed by atoms with E-state index in [4.69, 9.17) is 11.6 Å². The van der Waals surface area contributed by atoms with Gasteiger partial charge in [0.1, 0.15) is 0 Å². The van der Waals surface area contributed by atoms with Crippen molar-refractivity contribution in [3.8, 4) is 0 Å². The summed E-state index contributed by atoms with van der Waals surface area (Å²) in [7, 11) is 0. The summed E-state index contributed by atoms with van der Waals surface area (Å²) in [6.07, 6.45) is 2.21. The minimum atomic E-state index is 0.236. The third kappa shape index (κ3) is 3.24. The summed E-state index contributed by atoms with van der Waals surface area (Å²) in [6.45, 7) is 8.81. The normalized spacial score (nSPS) is 15.0. The van der Waals surface area contributed by atoms with Crippen molar-refractivity contribution in [1.82, 2.24) is 0 Å². The molecule has 0 saturated heterocycles. The smallest absolute Gasteiger partial charge is 0.0280 e. The Morgan fingerprint density at radius 2 is 1.93 bits per heavy atom. The van der Waals surface area contributed by atoms with E-state index in [1.165, 1.54) is 16.7 Å². The van der Waals surface area contributed by atoms with Crippen LogP contribution in [0.2, 0.25) is 0 Å². The largest absolute Gasteiger partial charge is 0.126 e. The molecule has 0 heterocycles. The summed E-state index contributed by atoms with van der Waals surface area (Å²) in [5.74, 6) is 0.733. The molecule has 0 amide bonds. The second kappa shape index (κ2) is 5.03. The van der Waals surface area contributed by atoms with Crippen LogP contribution in [0.4, 0.5) is 0 Å². The quantitative estimate of drug-likeness (QED) is 0.661. The Kier molecular flexibility index (Phi) is 4.21. The van der Waals surface area contributed by atoms with Gasteiger partial charge >= 0.3 is 0 Å². The molecular weight excluding hydrogens is 204 g/mol. The number of rotatable bonds is 4. The molecule has 0 nitrogen and oxygen atoms in total. The van der Waals surface area contributed by atoms with Gasteiger partial charge in [0, 0.05) is 5.88 Å². The first-order chi connectivity index (χ1) is 7.00. The van der Waals surface area contributed by atoms with Gasteiger partial charge in [0.05, 0.1) is 0 Å². The van der Waals surface area contributed by atoms with Gasteiger partial charge in [-0.1, -0.05) is 37.6 Å². The molecule has 1 aromatic rings. The van der Waals surface area contributed by atoms with Crippen LogP contribution in [0.3, 0.4) is 0 Å². The number of hydrogen-bond acceptors (Lipinski definition) is 0. The van der Waals surface area contributed by atoms with Gasteiger partial charge in [0.2, 0.25) is 0 Å². The van der Waals surface area contributed by atoms with Crippen molar-refractivity contribution in [1.29, 1.82) is 0 Å². The molecule has 0 aliphatic rings. The highest BCUT2D eigenvalue weighted by Gasteiger charge is 2.21. The second-order valence-electron chi connectivity index (χ2n) is 4.90. The van der Waals surface area contributed by atoms with Gasteiger partial charge in [-0.15, -0.1) is 11.6 Å². The lowest BCUT2D eigenvalue weighted by atomic mass is 9.81. The summed E-state index contributed by atoms with van der Waals surface area (Å²) >= 11 is 6.05. The molecule has 0 radical (unpaired) electrons. The molecule has 0 bridgehead atoms. The molecular formula is C14H21Cl. The maximum Gasteiger partial charge on any atom is 0.0280 e. The standard InChI is InChI=1S/C14H21Cl/c1-5-14(4,10-15)9-13-8-11(2)6-7-12(13)3/h6-8H,5,9-10H2,1-4H3.